The van der Waals surface area contributed by atoms with E-state index >= 15 is 0 Å². The average Bonchev–Trinajstić information content (AvgIpc) is 3.09. The number of fused-ring (bicyclic) bond motifs is 2. The van der Waals surface area contributed by atoms with Crippen molar-refractivity contribution in [2.45, 2.75) is 25.4 Å². The Hall–Kier alpha value is -2.30. The van der Waals surface area contributed by atoms with Crippen LogP contribution >= 0.6 is 0 Å². The number of ether oxygens (including phenoxy) is 1. The summed E-state index contributed by atoms with van der Waals surface area (Å²) >= 11 is 0. The molecule has 0 saturated carbocycles. The van der Waals surface area contributed by atoms with Gasteiger partial charge in [-0.25, -0.2) is 4.79 Å². The SMILES string of the molecule is C[C@H]1c2cccc(-c3cn[nH]c3)c2C[C@@H]2COC(=O)N21. The quantitative estimate of drug-likeness (QED) is 0.865. The predicted molar refractivity (Wildman–Crippen MR) is 73.1 cm³/mol. The maximum absolute atomic E-state index is 11.8. The lowest BCUT2D eigenvalue weighted by molar-refractivity contribution is 0.144. The monoisotopic (exact) mass is 269 g/mol. The van der Waals surface area contributed by atoms with Gasteiger partial charge in [-0.05, 0) is 30.0 Å². The highest BCUT2D eigenvalue weighted by molar-refractivity contribution is 5.74. The summed E-state index contributed by atoms with van der Waals surface area (Å²) in [4.78, 5) is 13.7. The Bertz CT molecular complexity index is 666. The third-order valence-corrected chi connectivity index (χ3v) is 4.33. The van der Waals surface area contributed by atoms with Gasteiger partial charge in [0.25, 0.3) is 0 Å². The van der Waals surface area contributed by atoms with Crippen LogP contribution in [-0.2, 0) is 11.2 Å². The lowest BCUT2D eigenvalue weighted by Gasteiger charge is -2.35. The molecule has 5 heteroatoms. The van der Waals surface area contributed by atoms with Crippen LogP contribution in [0.2, 0.25) is 0 Å². The topological polar surface area (TPSA) is 58.2 Å². The Kier molecular flexibility index (Phi) is 2.36. The number of nitrogens with one attached hydrogen (secondary N) is 1. The fourth-order valence-electron chi connectivity index (χ4n) is 3.38. The molecule has 1 N–H and O–H groups in total. The minimum absolute atomic E-state index is 0.0607. The van der Waals surface area contributed by atoms with Gasteiger partial charge in [0.2, 0.25) is 0 Å². The molecular weight excluding hydrogens is 254 g/mol. The molecule has 2 aliphatic rings. The number of cyclic esters (lactones) is 1. The van der Waals surface area contributed by atoms with Crippen molar-refractivity contribution in [1.82, 2.24) is 15.1 Å². The van der Waals surface area contributed by atoms with Crippen molar-refractivity contribution in [1.29, 1.82) is 0 Å². The minimum atomic E-state index is -0.193. The number of amides is 1. The second-order valence-electron chi connectivity index (χ2n) is 5.38. The molecule has 2 aromatic rings. The molecule has 0 unspecified atom stereocenters. The standard InChI is InChI=1S/C15H15N3O2/c1-9-12-3-2-4-13(10-6-16-17-7-10)14(12)5-11-8-20-15(19)18(9)11/h2-4,6-7,9,11H,5,8H2,1H3,(H,16,17)/t9-,11+/m0/s1. The van der Waals surface area contributed by atoms with Gasteiger partial charge in [-0.2, -0.15) is 5.10 Å². The molecule has 1 aromatic carbocycles. The second-order valence-corrected chi connectivity index (χ2v) is 5.38. The molecule has 5 nitrogen and oxygen atoms in total. The Morgan fingerprint density at radius 3 is 3.15 bits per heavy atom. The fourth-order valence-corrected chi connectivity index (χ4v) is 3.38. The van der Waals surface area contributed by atoms with Crippen LogP contribution in [0.5, 0.6) is 0 Å². The van der Waals surface area contributed by atoms with Crippen molar-refractivity contribution in [2.24, 2.45) is 0 Å². The molecule has 1 fully saturated rings. The third-order valence-electron chi connectivity index (χ3n) is 4.33. The van der Waals surface area contributed by atoms with E-state index in [-0.39, 0.29) is 18.2 Å². The van der Waals surface area contributed by atoms with Crippen LogP contribution in [0.3, 0.4) is 0 Å². The number of benzene rings is 1. The molecule has 1 aromatic heterocycles. The van der Waals surface area contributed by atoms with Crippen LogP contribution < -0.4 is 0 Å². The van der Waals surface area contributed by atoms with E-state index in [2.05, 4.69) is 29.3 Å². The number of nitrogens with zero attached hydrogens (tertiary/aromatic N) is 2. The molecule has 1 amide bonds. The first kappa shape index (κ1) is 11.5. The first-order chi connectivity index (χ1) is 9.75. The molecule has 2 atom stereocenters. The Labute approximate surface area is 116 Å². The largest absolute Gasteiger partial charge is 0.447 e. The number of hydrogen-bond donors (Lipinski definition) is 1. The van der Waals surface area contributed by atoms with E-state index in [1.54, 1.807) is 0 Å². The Morgan fingerprint density at radius 2 is 2.35 bits per heavy atom. The Morgan fingerprint density at radius 1 is 1.45 bits per heavy atom. The molecular formula is C15H15N3O2. The molecule has 102 valence electrons. The first-order valence-corrected chi connectivity index (χ1v) is 6.81. The average molecular weight is 269 g/mol. The normalized spacial score (nSPS) is 24.2. The lowest BCUT2D eigenvalue weighted by atomic mass is 9.85. The van der Waals surface area contributed by atoms with Crippen LogP contribution in [-0.4, -0.2) is 33.8 Å². The number of aromatic amines is 1. The van der Waals surface area contributed by atoms with Crippen molar-refractivity contribution in [3.05, 3.63) is 41.7 Å². The summed E-state index contributed by atoms with van der Waals surface area (Å²) in [5, 5.41) is 6.89. The molecule has 1 saturated heterocycles. The summed E-state index contributed by atoms with van der Waals surface area (Å²) in [6, 6.07) is 6.47. The molecule has 0 spiro atoms. The van der Waals surface area contributed by atoms with Crippen molar-refractivity contribution in [3.63, 3.8) is 0 Å². The molecule has 4 rings (SSSR count). The highest BCUT2D eigenvalue weighted by atomic mass is 16.6. The van der Waals surface area contributed by atoms with E-state index in [0.717, 1.165) is 12.0 Å². The lowest BCUT2D eigenvalue weighted by Crippen LogP contribution is -2.41. The van der Waals surface area contributed by atoms with Crippen molar-refractivity contribution in [2.75, 3.05) is 6.61 Å². The van der Waals surface area contributed by atoms with Gasteiger partial charge in [0.15, 0.2) is 0 Å². The van der Waals surface area contributed by atoms with Crippen LogP contribution in [0.4, 0.5) is 4.79 Å². The molecule has 0 bridgehead atoms. The van der Waals surface area contributed by atoms with Crippen molar-refractivity contribution >= 4 is 6.09 Å². The third kappa shape index (κ3) is 1.49. The molecule has 3 heterocycles. The maximum atomic E-state index is 11.8. The van der Waals surface area contributed by atoms with Crippen LogP contribution in [0.1, 0.15) is 24.1 Å². The zero-order chi connectivity index (χ0) is 13.7. The highest BCUT2D eigenvalue weighted by Gasteiger charge is 2.41. The van der Waals surface area contributed by atoms with Gasteiger partial charge in [0.1, 0.15) is 6.61 Å². The van der Waals surface area contributed by atoms with Crippen LogP contribution in [0.25, 0.3) is 11.1 Å². The van der Waals surface area contributed by atoms with Gasteiger partial charge in [-0.1, -0.05) is 18.2 Å². The van der Waals surface area contributed by atoms with Gasteiger partial charge in [-0.15, -0.1) is 0 Å². The molecule has 0 radical (unpaired) electrons. The van der Waals surface area contributed by atoms with E-state index in [1.807, 2.05) is 23.4 Å². The van der Waals surface area contributed by atoms with E-state index < -0.39 is 0 Å². The molecule has 0 aliphatic carbocycles. The van der Waals surface area contributed by atoms with Gasteiger partial charge < -0.3 is 4.74 Å². The first-order valence-electron chi connectivity index (χ1n) is 6.81. The predicted octanol–water partition coefficient (Wildman–Crippen LogP) is 2.51. The highest BCUT2D eigenvalue weighted by Crippen LogP contribution is 2.40. The smallest absolute Gasteiger partial charge is 0.410 e. The summed E-state index contributed by atoms with van der Waals surface area (Å²) < 4.78 is 5.20. The van der Waals surface area contributed by atoms with E-state index in [1.165, 1.54) is 16.7 Å². The van der Waals surface area contributed by atoms with Gasteiger partial charge in [0, 0.05) is 11.8 Å². The summed E-state index contributed by atoms with van der Waals surface area (Å²) in [6.07, 6.45) is 4.39. The second kappa shape index (κ2) is 4.10. The van der Waals surface area contributed by atoms with E-state index in [4.69, 9.17) is 4.74 Å². The summed E-state index contributed by atoms with van der Waals surface area (Å²) in [5.41, 5.74) is 4.80. The van der Waals surface area contributed by atoms with E-state index in [0.29, 0.717) is 6.61 Å². The van der Waals surface area contributed by atoms with Gasteiger partial charge in [-0.3, -0.25) is 10.00 Å². The number of H-pyrrole nitrogens is 1. The number of carbonyl (C=O) groups is 1. The number of carbonyl (C=O) groups excluding carboxylic acids is 1. The van der Waals surface area contributed by atoms with Crippen LogP contribution in [0.15, 0.2) is 30.6 Å². The van der Waals surface area contributed by atoms with Crippen molar-refractivity contribution < 1.29 is 9.53 Å². The molecule has 20 heavy (non-hydrogen) atoms. The fraction of sp³-hybridized carbons (Fsp3) is 0.333. The maximum Gasteiger partial charge on any atom is 0.410 e. The summed E-state index contributed by atoms with van der Waals surface area (Å²) in [7, 11) is 0. The van der Waals surface area contributed by atoms with Gasteiger partial charge >= 0.3 is 6.09 Å². The number of hydrogen-bond acceptors (Lipinski definition) is 3. The molecule has 2 aliphatic heterocycles. The van der Waals surface area contributed by atoms with Crippen LogP contribution in [0, 0.1) is 0 Å². The summed E-state index contributed by atoms with van der Waals surface area (Å²) in [5.74, 6) is 0. The minimum Gasteiger partial charge on any atom is -0.447 e. The number of rotatable bonds is 1. The van der Waals surface area contributed by atoms with Gasteiger partial charge in [0.05, 0.1) is 18.3 Å². The zero-order valence-corrected chi connectivity index (χ0v) is 11.2. The summed E-state index contributed by atoms with van der Waals surface area (Å²) in [6.45, 7) is 2.55. The number of aromatic nitrogens is 2. The van der Waals surface area contributed by atoms with E-state index in [9.17, 15) is 4.79 Å². The zero-order valence-electron chi connectivity index (χ0n) is 11.2. The Balaban J connectivity index is 1.86. The van der Waals surface area contributed by atoms with Crippen molar-refractivity contribution in [3.8, 4) is 11.1 Å².